The molecule has 0 spiro atoms. The predicted octanol–water partition coefficient (Wildman–Crippen LogP) is 2.21. The number of nitrogens with zero attached hydrogens (tertiary/aromatic N) is 2. The van der Waals surface area contributed by atoms with Crippen molar-refractivity contribution in [1.82, 2.24) is 9.78 Å². The third-order valence-corrected chi connectivity index (χ3v) is 3.21. The Hall–Kier alpha value is -1.96. The molecule has 0 aliphatic rings. The van der Waals surface area contributed by atoms with Gasteiger partial charge in [-0.25, -0.2) is 0 Å². The molecule has 2 aromatic rings. The normalized spacial score (nSPS) is 10.0. The van der Waals surface area contributed by atoms with E-state index in [-0.39, 0.29) is 0 Å². The summed E-state index contributed by atoms with van der Waals surface area (Å²) in [6, 6.07) is 5.78. The first-order valence-corrected chi connectivity index (χ1v) is 6.57. The number of hydrogen-bond donors (Lipinski definition) is 1. The SMILES string of the molecule is COc1ccc(C#CCN)cc1Cn1cc(Cl)c(C)n1. The largest absolute Gasteiger partial charge is 0.496 e. The molecular weight excluding hydrogens is 274 g/mol. The summed E-state index contributed by atoms with van der Waals surface area (Å²) in [7, 11) is 1.64. The lowest BCUT2D eigenvalue weighted by atomic mass is 10.1. The summed E-state index contributed by atoms with van der Waals surface area (Å²) in [6.07, 6.45) is 1.80. The maximum absolute atomic E-state index is 6.02. The van der Waals surface area contributed by atoms with Gasteiger partial charge in [-0.05, 0) is 25.1 Å². The van der Waals surface area contributed by atoms with Gasteiger partial charge in [-0.1, -0.05) is 23.4 Å². The first-order chi connectivity index (χ1) is 9.63. The average Bonchev–Trinajstić information content (AvgIpc) is 2.75. The Morgan fingerprint density at radius 2 is 2.25 bits per heavy atom. The Morgan fingerprint density at radius 1 is 1.45 bits per heavy atom. The van der Waals surface area contributed by atoms with Gasteiger partial charge < -0.3 is 10.5 Å². The van der Waals surface area contributed by atoms with Crippen LogP contribution in [0.4, 0.5) is 0 Å². The number of benzene rings is 1. The summed E-state index contributed by atoms with van der Waals surface area (Å²) in [6.45, 7) is 2.80. The summed E-state index contributed by atoms with van der Waals surface area (Å²) in [5.41, 5.74) is 8.10. The molecule has 0 aliphatic carbocycles. The second-order valence-electron chi connectivity index (χ2n) is 4.29. The van der Waals surface area contributed by atoms with Crippen molar-refractivity contribution in [3.05, 3.63) is 46.2 Å². The molecule has 0 saturated carbocycles. The molecule has 104 valence electrons. The third kappa shape index (κ3) is 3.32. The van der Waals surface area contributed by atoms with E-state index in [2.05, 4.69) is 16.9 Å². The summed E-state index contributed by atoms with van der Waals surface area (Å²) in [5.74, 6) is 6.65. The quantitative estimate of drug-likeness (QED) is 0.882. The highest BCUT2D eigenvalue weighted by Crippen LogP contribution is 2.22. The van der Waals surface area contributed by atoms with Crippen molar-refractivity contribution in [3.8, 4) is 17.6 Å². The minimum Gasteiger partial charge on any atom is -0.496 e. The third-order valence-electron chi connectivity index (χ3n) is 2.83. The number of aryl methyl sites for hydroxylation is 1. The summed E-state index contributed by atoms with van der Waals surface area (Å²) < 4.78 is 7.15. The van der Waals surface area contributed by atoms with E-state index in [1.54, 1.807) is 18.0 Å². The highest BCUT2D eigenvalue weighted by Gasteiger charge is 2.07. The number of methoxy groups -OCH3 is 1. The molecule has 1 heterocycles. The second kappa shape index (κ2) is 6.47. The molecule has 1 aromatic carbocycles. The molecule has 2 N–H and O–H groups in total. The number of halogens is 1. The molecule has 0 aliphatic heterocycles. The topological polar surface area (TPSA) is 53.1 Å². The van der Waals surface area contributed by atoms with Crippen molar-refractivity contribution in [3.63, 3.8) is 0 Å². The Kier molecular flexibility index (Phi) is 4.67. The van der Waals surface area contributed by atoms with Crippen molar-refractivity contribution in [2.24, 2.45) is 5.73 Å². The van der Waals surface area contributed by atoms with E-state index in [1.165, 1.54) is 0 Å². The molecule has 1 aromatic heterocycles. The van der Waals surface area contributed by atoms with Crippen LogP contribution in [0.1, 0.15) is 16.8 Å². The fourth-order valence-corrected chi connectivity index (χ4v) is 2.03. The minimum absolute atomic E-state index is 0.343. The number of ether oxygens (including phenoxy) is 1. The van der Waals surface area contributed by atoms with E-state index in [0.29, 0.717) is 18.1 Å². The monoisotopic (exact) mass is 289 g/mol. The highest BCUT2D eigenvalue weighted by atomic mass is 35.5. The van der Waals surface area contributed by atoms with Crippen LogP contribution in [0.15, 0.2) is 24.4 Å². The van der Waals surface area contributed by atoms with Crippen molar-refractivity contribution < 1.29 is 4.74 Å². The van der Waals surface area contributed by atoms with Gasteiger partial charge in [0.25, 0.3) is 0 Å². The van der Waals surface area contributed by atoms with Crippen LogP contribution >= 0.6 is 11.6 Å². The molecule has 0 amide bonds. The second-order valence-corrected chi connectivity index (χ2v) is 4.70. The molecule has 5 heteroatoms. The van der Waals surface area contributed by atoms with Crippen LogP contribution in [0.2, 0.25) is 5.02 Å². The predicted molar refractivity (Wildman–Crippen MR) is 80.0 cm³/mol. The lowest BCUT2D eigenvalue weighted by Crippen LogP contribution is -2.03. The molecule has 20 heavy (non-hydrogen) atoms. The van der Waals surface area contributed by atoms with Gasteiger partial charge in [-0.3, -0.25) is 4.68 Å². The number of nitrogens with two attached hydrogens (primary N) is 1. The van der Waals surface area contributed by atoms with Gasteiger partial charge in [0.2, 0.25) is 0 Å². The van der Waals surface area contributed by atoms with Crippen LogP contribution in [0.5, 0.6) is 5.75 Å². The summed E-state index contributed by atoms with van der Waals surface area (Å²) in [4.78, 5) is 0. The summed E-state index contributed by atoms with van der Waals surface area (Å²) >= 11 is 6.02. The lowest BCUT2D eigenvalue weighted by molar-refractivity contribution is 0.407. The number of hydrogen-bond acceptors (Lipinski definition) is 3. The molecular formula is C15H16ClN3O. The van der Waals surface area contributed by atoms with Crippen molar-refractivity contribution in [1.29, 1.82) is 0 Å². The molecule has 0 saturated heterocycles. The van der Waals surface area contributed by atoms with E-state index in [1.807, 2.05) is 25.1 Å². The average molecular weight is 290 g/mol. The molecule has 4 nitrogen and oxygen atoms in total. The van der Waals surface area contributed by atoms with Crippen LogP contribution in [-0.4, -0.2) is 23.4 Å². The first-order valence-electron chi connectivity index (χ1n) is 6.19. The van der Waals surface area contributed by atoms with Gasteiger partial charge in [-0.15, -0.1) is 0 Å². The smallest absolute Gasteiger partial charge is 0.124 e. The molecule has 0 unspecified atom stereocenters. The Morgan fingerprint density at radius 3 is 2.85 bits per heavy atom. The first kappa shape index (κ1) is 14.4. The number of rotatable bonds is 3. The zero-order valence-corrected chi connectivity index (χ0v) is 12.2. The Bertz CT molecular complexity index is 648. The van der Waals surface area contributed by atoms with E-state index >= 15 is 0 Å². The molecule has 0 atom stereocenters. The molecule has 2 rings (SSSR count). The van der Waals surface area contributed by atoms with E-state index in [9.17, 15) is 0 Å². The maximum atomic E-state index is 6.02. The Labute approximate surface area is 123 Å². The van der Waals surface area contributed by atoms with Crippen LogP contribution in [0.25, 0.3) is 0 Å². The van der Waals surface area contributed by atoms with Gasteiger partial charge in [0, 0.05) is 17.3 Å². The summed E-state index contributed by atoms with van der Waals surface area (Å²) in [5, 5.41) is 5.00. The van der Waals surface area contributed by atoms with Gasteiger partial charge in [-0.2, -0.15) is 5.10 Å². The van der Waals surface area contributed by atoms with Gasteiger partial charge in [0.1, 0.15) is 5.75 Å². The van der Waals surface area contributed by atoms with E-state index < -0.39 is 0 Å². The fraction of sp³-hybridized carbons (Fsp3) is 0.267. The van der Waals surface area contributed by atoms with E-state index in [4.69, 9.17) is 22.1 Å². The van der Waals surface area contributed by atoms with Crippen LogP contribution in [-0.2, 0) is 6.54 Å². The van der Waals surface area contributed by atoms with Gasteiger partial charge in [0.05, 0.1) is 30.9 Å². The Balaban J connectivity index is 2.32. The van der Waals surface area contributed by atoms with E-state index in [0.717, 1.165) is 22.6 Å². The van der Waals surface area contributed by atoms with Crippen molar-refractivity contribution in [2.45, 2.75) is 13.5 Å². The molecule has 0 radical (unpaired) electrons. The lowest BCUT2D eigenvalue weighted by Gasteiger charge is -2.09. The van der Waals surface area contributed by atoms with Gasteiger partial charge >= 0.3 is 0 Å². The zero-order valence-electron chi connectivity index (χ0n) is 11.5. The number of aromatic nitrogens is 2. The van der Waals surface area contributed by atoms with Crippen LogP contribution < -0.4 is 10.5 Å². The molecule has 0 fully saturated rings. The zero-order chi connectivity index (χ0) is 14.5. The maximum Gasteiger partial charge on any atom is 0.124 e. The van der Waals surface area contributed by atoms with Crippen LogP contribution in [0, 0.1) is 18.8 Å². The fourth-order valence-electron chi connectivity index (χ4n) is 1.88. The van der Waals surface area contributed by atoms with Crippen LogP contribution in [0.3, 0.4) is 0 Å². The standard InChI is InChI=1S/C15H16ClN3O/c1-11-14(16)10-19(18-11)9-13-8-12(4-3-7-17)5-6-15(13)20-2/h5-6,8,10H,7,9,17H2,1-2H3. The van der Waals surface area contributed by atoms with Gasteiger partial charge in [0.15, 0.2) is 0 Å². The van der Waals surface area contributed by atoms with Crippen molar-refractivity contribution in [2.75, 3.05) is 13.7 Å². The molecule has 0 bridgehead atoms. The highest BCUT2D eigenvalue weighted by molar-refractivity contribution is 6.31. The van der Waals surface area contributed by atoms with Crippen molar-refractivity contribution >= 4 is 11.6 Å². The minimum atomic E-state index is 0.343.